The molecule has 1 aromatic heterocycles. The van der Waals surface area contributed by atoms with E-state index in [1.54, 1.807) is 31.4 Å². The van der Waals surface area contributed by atoms with Crippen molar-refractivity contribution in [2.75, 3.05) is 7.05 Å². The molecule has 0 radical (unpaired) electrons. The molecular weight excluding hydrogens is 376 g/mol. The van der Waals surface area contributed by atoms with Gasteiger partial charge in [0.1, 0.15) is 5.75 Å². The maximum atomic E-state index is 12.5. The maximum absolute atomic E-state index is 12.5. The molecule has 0 spiro atoms. The molecular formula is C22H21F2N3O2. The molecule has 0 saturated heterocycles. The fourth-order valence-corrected chi connectivity index (χ4v) is 2.81. The van der Waals surface area contributed by atoms with Crippen LogP contribution >= 0.6 is 0 Å². The highest BCUT2D eigenvalue weighted by Crippen LogP contribution is 2.21. The van der Waals surface area contributed by atoms with Gasteiger partial charge in [-0.05, 0) is 17.7 Å². The summed E-state index contributed by atoms with van der Waals surface area (Å²) in [5, 5.41) is 4.33. The number of carbonyl (C=O) groups excluding carboxylic acids is 1. The number of aromatic nitrogens is 2. The Kier molecular flexibility index (Phi) is 6.73. The molecule has 150 valence electrons. The van der Waals surface area contributed by atoms with Crippen molar-refractivity contribution in [3.8, 4) is 5.75 Å². The summed E-state index contributed by atoms with van der Waals surface area (Å²) < 4.78 is 31.2. The second kappa shape index (κ2) is 9.64. The number of benzene rings is 2. The van der Waals surface area contributed by atoms with Crippen LogP contribution in [-0.2, 0) is 17.9 Å². The van der Waals surface area contributed by atoms with Gasteiger partial charge in [0.05, 0.1) is 12.7 Å². The number of hydrogen-bond acceptors (Lipinski definition) is 3. The summed E-state index contributed by atoms with van der Waals surface area (Å²) in [5.74, 6) is -0.232. The van der Waals surface area contributed by atoms with E-state index >= 15 is 0 Å². The van der Waals surface area contributed by atoms with Crippen molar-refractivity contribution in [1.82, 2.24) is 14.7 Å². The zero-order valence-corrected chi connectivity index (χ0v) is 15.9. The van der Waals surface area contributed by atoms with Crippen LogP contribution in [0.2, 0.25) is 0 Å². The van der Waals surface area contributed by atoms with Crippen LogP contribution in [0, 0.1) is 0 Å². The van der Waals surface area contributed by atoms with Crippen molar-refractivity contribution < 1.29 is 18.3 Å². The van der Waals surface area contributed by atoms with E-state index in [4.69, 9.17) is 0 Å². The topological polar surface area (TPSA) is 47.4 Å². The number of hydrogen-bond donors (Lipinski definition) is 0. The Balaban J connectivity index is 1.59. The van der Waals surface area contributed by atoms with Gasteiger partial charge in [-0.15, -0.1) is 0 Å². The van der Waals surface area contributed by atoms with Crippen molar-refractivity contribution in [2.45, 2.75) is 19.7 Å². The number of ether oxygens (including phenoxy) is 1. The summed E-state index contributed by atoms with van der Waals surface area (Å²) in [7, 11) is 1.67. The van der Waals surface area contributed by atoms with Crippen LogP contribution in [-0.4, -0.2) is 34.2 Å². The van der Waals surface area contributed by atoms with E-state index in [1.807, 2.05) is 41.2 Å². The van der Waals surface area contributed by atoms with Crippen LogP contribution in [0.25, 0.3) is 6.08 Å². The smallest absolute Gasteiger partial charge is 0.387 e. The molecule has 0 fully saturated rings. The van der Waals surface area contributed by atoms with Crippen LogP contribution in [0.4, 0.5) is 8.78 Å². The molecule has 2 aromatic carbocycles. The quantitative estimate of drug-likeness (QED) is 0.535. The van der Waals surface area contributed by atoms with Crippen molar-refractivity contribution in [1.29, 1.82) is 0 Å². The highest BCUT2D eigenvalue weighted by Gasteiger charge is 2.10. The van der Waals surface area contributed by atoms with Gasteiger partial charge in [0.25, 0.3) is 0 Å². The van der Waals surface area contributed by atoms with Gasteiger partial charge < -0.3 is 9.64 Å². The summed E-state index contributed by atoms with van der Waals surface area (Å²) >= 11 is 0. The van der Waals surface area contributed by atoms with E-state index in [0.29, 0.717) is 18.7 Å². The summed E-state index contributed by atoms with van der Waals surface area (Å²) in [6.45, 7) is -1.89. The number of alkyl halides is 2. The van der Waals surface area contributed by atoms with Crippen LogP contribution < -0.4 is 4.74 Å². The van der Waals surface area contributed by atoms with Crippen molar-refractivity contribution in [2.24, 2.45) is 0 Å². The Hall–Kier alpha value is -3.48. The number of halogens is 2. The van der Waals surface area contributed by atoms with Crippen LogP contribution in [0.1, 0.15) is 16.7 Å². The molecule has 0 aliphatic carbocycles. The SMILES string of the molecule is CN(Cc1cnn(Cc2ccccc2)c1)C(=O)/C=C/c1ccccc1OC(F)F. The molecule has 0 atom stereocenters. The molecule has 0 aliphatic rings. The molecule has 5 nitrogen and oxygen atoms in total. The standard InChI is InChI=1S/C22H21F2N3O2/c1-26(14-18-13-25-27(16-18)15-17-7-3-2-4-8-17)21(28)12-11-19-9-5-6-10-20(19)29-22(23)24/h2-13,16,22H,14-15H2,1H3/b12-11+. The lowest BCUT2D eigenvalue weighted by Crippen LogP contribution is -2.23. The first-order valence-corrected chi connectivity index (χ1v) is 9.03. The molecule has 29 heavy (non-hydrogen) atoms. The molecule has 0 bridgehead atoms. The second-order valence-electron chi connectivity index (χ2n) is 6.48. The van der Waals surface area contributed by atoms with Crippen LogP contribution in [0.5, 0.6) is 5.75 Å². The Bertz CT molecular complexity index is 971. The third-order valence-electron chi connectivity index (χ3n) is 4.21. The van der Waals surface area contributed by atoms with Gasteiger partial charge in [0, 0.05) is 37.0 Å². The lowest BCUT2D eigenvalue weighted by Gasteiger charge is -2.14. The van der Waals surface area contributed by atoms with Gasteiger partial charge in [0.15, 0.2) is 0 Å². The average molecular weight is 397 g/mol. The van der Waals surface area contributed by atoms with Crippen molar-refractivity contribution in [3.63, 3.8) is 0 Å². The Morgan fingerprint density at radius 1 is 1.14 bits per heavy atom. The van der Waals surface area contributed by atoms with Gasteiger partial charge in [-0.3, -0.25) is 9.48 Å². The molecule has 3 rings (SSSR count). The van der Waals surface area contributed by atoms with Gasteiger partial charge in [-0.25, -0.2) is 0 Å². The maximum Gasteiger partial charge on any atom is 0.387 e. The predicted octanol–water partition coefficient (Wildman–Crippen LogP) is 4.20. The summed E-state index contributed by atoms with van der Waals surface area (Å²) in [6, 6.07) is 16.3. The first kappa shape index (κ1) is 20.3. The fraction of sp³-hybridized carbons (Fsp3) is 0.182. The van der Waals surface area contributed by atoms with Crippen molar-refractivity contribution >= 4 is 12.0 Å². The molecule has 3 aromatic rings. The van der Waals surface area contributed by atoms with Gasteiger partial charge >= 0.3 is 6.61 Å². The number of nitrogens with zero attached hydrogens (tertiary/aromatic N) is 3. The normalized spacial score (nSPS) is 11.2. The minimum atomic E-state index is -2.92. The predicted molar refractivity (Wildman–Crippen MR) is 106 cm³/mol. The van der Waals surface area contributed by atoms with Crippen LogP contribution in [0.3, 0.4) is 0 Å². The summed E-state index contributed by atoms with van der Waals surface area (Å²) in [5.41, 5.74) is 2.44. The molecule has 0 N–H and O–H groups in total. The molecule has 1 amide bonds. The van der Waals surface area contributed by atoms with Gasteiger partial charge in [0.2, 0.25) is 5.91 Å². The van der Waals surface area contributed by atoms with E-state index < -0.39 is 6.61 Å². The number of amides is 1. The van der Waals surface area contributed by atoms with Gasteiger partial charge in [-0.1, -0.05) is 48.5 Å². The number of carbonyl (C=O) groups is 1. The largest absolute Gasteiger partial charge is 0.434 e. The number of likely N-dealkylation sites (N-methyl/N-ethyl adjacent to an activating group) is 1. The fourth-order valence-electron chi connectivity index (χ4n) is 2.81. The third kappa shape index (κ3) is 6.00. The molecule has 0 saturated carbocycles. The lowest BCUT2D eigenvalue weighted by molar-refractivity contribution is -0.125. The van der Waals surface area contributed by atoms with E-state index in [1.165, 1.54) is 23.1 Å². The Morgan fingerprint density at radius 3 is 2.62 bits per heavy atom. The second-order valence-corrected chi connectivity index (χ2v) is 6.48. The van der Waals surface area contributed by atoms with Crippen molar-refractivity contribution in [3.05, 3.63) is 89.8 Å². The highest BCUT2D eigenvalue weighted by atomic mass is 19.3. The molecule has 1 heterocycles. The first-order valence-electron chi connectivity index (χ1n) is 9.03. The Morgan fingerprint density at radius 2 is 1.86 bits per heavy atom. The molecule has 0 unspecified atom stereocenters. The average Bonchev–Trinajstić information content (AvgIpc) is 3.14. The molecule has 7 heteroatoms. The third-order valence-corrected chi connectivity index (χ3v) is 4.21. The molecule has 0 aliphatic heterocycles. The van der Waals surface area contributed by atoms with E-state index in [2.05, 4.69) is 9.84 Å². The minimum absolute atomic E-state index is 0.0244. The van der Waals surface area contributed by atoms with E-state index in [0.717, 1.165) is 11.1 Å². The number of rotatable bonds is 8. The van der Waals surface area contributed by atoms with Crippen LogP contribution in [0.15, 0.2) is 73.1 Å². The zero-order valence-electron chi connectivity index (χ0n) is 15.9. The first-order chi connectivity index (χ1) is 14.0. The van der Waals surface area contributed by atoms with E-state index in [-0.39, 0.29) is 11.7 Å². The van der Waals surface area contributed by atoms with E-state index in [9.17, 15) is 13.6 Å². The lowest BCUT2D eigenvalue weighted by atomic mass is 10.2. The minimum Gasteiger partial charge on any atom is -0.434 e. The zero-order chi connectivity index (χ0) is 20.6. The summed E-state index contributed by atoms with van der Waals surface area (Å²) in [6.07, 6.45) is 6.42. The summed E-state index contributed by atoms with van der Waals surface area (Å²) in [4.78, 5) is 13.9. The number of para-hydroxylation sites is 1. The monoisotopic (exact) mass is 397 g/mol. The van der Waals surface area contributed by atoms with Gasteiger partial charge in [-0.2, -0.15) is 13.9 Å². The Labute approximate surface area is 167 Å². The highest BCUT2D eigenvalue weighted by molar-refractivity contribution is 5.92.